The van der Waals surface area contributed by atoms with Crippen LogP contribution in [0.5, 0.6) is 5.75 Å². The van der Waals surface area contributed by atoms with E-state index in [4.69, 9.17) is 0 Å². The molecule has 0 fully saturated rings. The lowest BCUT2D eigenvalue weighted by Gasteiger charge is -2.18. The Kier molecular flexibility index (Phi) is 4.92. The highest BCUT2D eigenvalue weighted by atomic mass is 19.3. The Hall–Kier alpha value is -2.96. The Balaban J connectivity index is 1.64. The van der Waals surface area contributed by atoms with Gasteiger partial charge in [0.1, 0.15) is 5.75 Å². The zero-order chi connectivity index (χ0) is 17.8. The number of rotatable bonds is 5. The monoisotopic (exact) mass is 346 g/mol. The van der Waals surface area contributed by atoms with Crippen LogP contribution in [0.3, 0.4) is 0 Å². The third kappa shape index (κ3) is 3.76. The van der Waals surface area contributed by atoms with E-state index < -0.39 is 12.5 Å². The van der Waals surface area contributed by atoms with Gasteiger partial charge in [0.2, 0.25) is 5.91 Å². The van der Waals surface area contributed by atoms with Crippen LogP contribution in [0.25, 0.3) is 0 Å². The fourth-order valence-electron chi connectivity index (χ4n) is 2.80. The van der Waals surface area contributed by atoms with Crippen molar-refractivity contribution >= 4 is 17.5 Å². The molecule has 2 aromatic carbocycles. The number of ether oxygens (including phenoxy) is 1. The lowest BCUT2D eigenvalue weighted by atomic mass is 10.2. The standard InChI is InChI=1S/C18H16F2N2O3/c19-18(20)25-15-8-4-2-6-13(15)17(24)21-11-16(23)22-10-9-12-5-1-3-7-14(12)22/h1-8,18H,9-11H2,(H,21,24). The largest absolute Gasteiger partial charge is 0.434 e. The fourth-order valence-corrected chi connectivity index (χ4v) is 2.80. The van der Waals surface area contributed by atoms with Crippen molar-refractivity contribution in [3.8, 4) is 5.75 Å². The van der Waals surface area contributed by atoms with Crippen LogP contribution in [0.2, 0.25) is 0 Å². The summed E-state index contributed by atoms with van der Waals surface area (Å²) in [5, 5.41) is 2.47. The third-order valence-corrected chi connectivity index (χ3v) is 3.94. The number of alkyl halides is 2. The molecule has 0 saturated heterocycles. The summed E-state index contributed by atoms with van der Waals surface area (Å²) in [7, 11) is 0. The molecule has 2 amide bonds. The summed E-state index contributed by atoms with van der Waals surface area (Å²) in [6.45, 7) is -2.70. The second kappa shape index (κ2) is 7.29. The van der Waals surface area contributed by atoms with Gasteiger partial charge < -0.3 is 15.0 Å². The average molecular weight is 346 g/mol. The van der Waals surface area contributed by atoms with Crippen LogP contribution in [-0.2, 0) is 11.2 Å². The summed E-state index contributed by atoms with van der Waals surface area (Å²) in [6, 6.07) is 13.2. The predicted molar refractivity (Wildman–Crippen MR) is 87.9 cm³/mol. The molecule has 0 spiro atoms. The minimum Gasteiger partial charge on any atom is -0.434 e. The molecule has 2 aromatic rings. The van der Waals surface area contributed by atoms with Crippen molar-refractivity contribution < 1.29 is 23.1 Å². The Morgan fingerprint density at radius 2 is 1.84 bits per heavy atom. The molecule has 1 heterocycles. The topological polar surface area (TPSA) is 58.6 Å². The van der Waals surface area contributed by atoms with Gasteiger partial charge in [0, 0.05) is 12.2 Å². The summed E-state index contributed by atoms with van der Waals surface area (Å²) in [6.07, 6.45) is 0.765. The molecule has 0 aliphatic carbocycles. The molecular weight excluding hydrogens is 330 g/mol. The zero-order valence-corrected chi connectivity index (χ0v) is 13.2. The van der Waals surface area contributed by atoms with Crippen molar-refractivity contribution in [2.75, 3.05) is 18.0 Å². The molecule has 1 aliphatic heterocycles. The van der Waals surface area contributed by atoms with Gasteiger partial charge in [-0.15, -0.1) is 0 Å². The average Bonchev–Trinajstić information content (AvgIpc) is 3.03. The maximum atomic E-state index is 12.4. The number of fused-ring (bicyclic) bond motifs is 1. The smallest absolute Gasteiger partial charge is 0.387 e. The first-order chi connectivity index (χ1) is 12.1. The number of benzene rings is 2. The number of amides is 2. The minimum atomic E-state index is -3.03. The molecule has 1 aliphatic rings. The molecule has 0 radical (unpaired) electrons. The maximum Gasteiger partial charge on any atom is 0.387 e. The molecule has 7 heteroatoms. The molecule has 0 atom stereocenters. The van der Waals surface area contributed by atoms with Crippen LogP contribution in [0.4, 0.5) is 14.5 Å². The van der Waals surface area contributed by atoms with Gasteiger partial charge in [-0.05, 0) is 30.2 Å². The number of nitrogens with one attached hydrogen (secondary N) is 1. The Morgan fingerprint density at radius 3 is 2.64 bits per heavy atom. The van der Waals surface area contributed by atoms with Crippen molar-refractivity contribution in [3.05, 3.63) is 59.7 Å². The van der Waals surface area contributed by atoms with E-state index in [1.807, 2.05) is 24.3 Å². The third-order valence-electron chi connectivity index (χ3n) is 3.94. The van der Waals surface area contributed by atoms with Gasteiger partial charge in [0.15, 0.2) is 0 Å². The molecular formula is C18H16F2N2O3. The highest BCUT2D eigenvalue weighted by Crippen LogP contribution is 2.27. The van der Waals surface area contributed by atoms with Crippen molar-refractivity contribution in [1.82, 2.24) is 5.32 Å². The maximum absolute atomic E-state index is 12.4. The molecule has 130 valence electrons. The van der Waals surface area contributed by atoms with Gasteiger partial charge in [-0.25, -0.2) is 0 Å². The van der Waals surface area contributed by atoms with E-state index in [1.165, 1.54) is 24.3 Å². The van der Waals surface area contributed by atoms with Gasteiger partial charge >= 0.3 is 6.61 Å². The number of nitrogens with zero attached hydrogens (tertiary/aromatic N) is 1. The van der Waals surface area contributed by atoms with Crippen molar-refractivity contribution in [3.63, 3.8) is 0 Å². The van der Waals surface area contributed by atoms with Crippen LogP contribution >= 0.6 is 0 Å². The number of hydrogen-bond acceptors (Lipinski definition) is 3. The highest BCUT2D eigenvalue weighted by Gasteiger charge is 2.24. The minimum absolute atomic E-state index is 0.0441. The van der Waals surface area contributed by atoms with Gasteiger partial charge in [-0.1, -0.05) is 30.3 Å². The molecule has 1 N–H and O–H groups in total. The number of carbonyl (C=O) groups excluding carboxylic acids is 2. The van der Waals surface area contributed by atoms with Gasteiger partial charge in [0.05, 0.1) is 12.1 Å². The van der Waals surface area contributed by atoms with E-state index in [-0.39, 0.29) is 23.8 Å². The van der Waals surface area contributed by atoms with Crippen LogP contribution in [0, 0.1) is 0 Å². The van der Waals surface area contributed by atoms with Crippen LogP contribution in [-0.4, -0.2) is 31.5 Å². The molecule has 0 unspecified atom stereocenters. The fraction of sp³-hybridized carbons (Fsp3) is 0.222. The van der Waals surface area contributed by atoms with E-state index >= 15 is 0 Å². The summed E-state index contributed by atoms with van der Waals surface area (Å²) in [4.78, 5) is 26.2. The normalized spacial score (nSPS) is 12.8. The quantitative estimate of drug-likeness (QED) is 0.905. The molecule has 0 bridgehead atoms. The second-order valence-corrected chi connectivity index (χ2v) is 5.48. The SMILES string of the molecule is O=C(NCC(=O)N1CCc2ccccc21)c1ccccc1OC(F)F. The molecule has 5 nitrogen and oxygen atoms in total. The second-order valence-electron chi connectivity index (χ2n) is 5.48. The van der Waals surface area contributed by atoms with Crippen molar-refractivity contribution in [2.45, 2.75) is 13.0 Å². The van der Waals surface area contributed by atoms with Crippen LogP contribution in [0.15, 0.2) is 48.5 Å². The lowest BCUT2D eigenvalue weighted by molar-refractivity contribution is -0.117. The molecule has 3 rings (SSSR count). The number of para-hydroxylation sites is 2. The van der Waals surface area contributed by atoms with Crippen LogP contribution in [0.1, 0.15) is 15.9 Å². The lowest BCUT2D eigenvalue weighted by Crippen LogP contribution is -2.39. The number of carbonyl (C=O) groups is 2. The van der Waals surface area contributed by atoms with Crippen LogP contribution < -0.4 is 15.0 Å². The zero-order valence-electron chi connectivity index (χ0n) is 13.2. The van der Waals surface area contributed by atoms with E-state index in [0.29, 0.717) is 6.54 Å². The van der Waals surface area contributed by atoms with Crippen molar-refractivity contribution in [1.29, 1.82) is 0 Å². The van der Waals surface area contributed by atoms with E-state index in [1.54, 1.807) is 4.90 Å². The highest BCUT2D eigenvalue weighted by molar-refractivity contribution is 6.02. The Morgan fingerprint density at radius 1 is 1.12 bits per heavy atom. The summed E-state index contributed by atoms with van der Waals surface area (Å²) < 4.78 is 29.1. The molecule has 25 heavy (non-hydrogen) atoms. The number of halogens is 2. The Bertz CT molecular complexity index is 795. The number of anilines is 1. The summed E-state index contributed by atoms with van der Waals surface area (Å²) >= 11 is 0. The van der Waals surface area contributed by atoms with Gasteiger partial charge in [-0.2, -0.15) is 8.78 Å². The molecule has 0 saturated carbocycles. The summed E-state index contributed by atoms with van der Waals surface area (Å²) in [5.41, 5.74) is 1.87. The summed E-state index contributed by atoms with van der Waals surface area (Å²) in [5.74, 6) is -1.13. The first-order valence-corrected chi connectivity index (χ1v) is 7.76. The van der Waals surface area contributed by atoms with Crippen molar-refractivity contribution in [2.24, 2.45) is 0 Å². The Labute approximate surface area is 143 Å². The molecule has 0 aromatic heterocycles. The first kappa shape index (κ1) is 16.9. The van der Waals surface area contributed by atoms with E-state index in [9.17, 15) is 18.4 Å². The van der Waals surface area contributed by atoms with Gasteiger partial charge in [0.25, 0.3) is 5.91 Å². The predicted octanol–water partition coefficient (Wildman–Crippen LogP) is 2.61. The van der Waals surface area contributed by atoms with E-state index in [2.05, 4.69) is 10.1 Å². The van der Waals surface area contributed by atoms with E-state index in [0.717, 1.165) is 17.7 Å². The van der Waals surface area contributed by atoms with Gasteiger partial charge in [-0.3, -0.25) is 9.59 Å². The number of hydrogen-bond donors (Lipinski definition) is 1. The first-order valence-electron chi connectivity index (χ1n) is 7.76.